The van der Waals surface area contributed by atoms with Gasteiger partial charge in [0.05, 0.1) is 21.8 Å². The molecule has 2 aliphatic heterocycles. The highest BCUT2D eigenvalue weighted by atomic mass is 35.5. The largest absolute Gasteiger partial charge is 0.478 e. The molecule has 0 aromatic heterocycles. The Morgan fingerprint density at radius 3 is 2.19 bits per heavy atom. The standard InChI is InChI=1S/C16H20ClN3O5S/c1-19(2)26(24,25)18-15(21)14-12(17)7-9(16(22)23)8-13(14)20-10-3-4-11(20)6-5-10/h7-8,10-11H,3-6H2,1-2H3,(H,18,21)(H,22,23). The maximum absolute atomic E-state index is 12.7. The van der Waals surface area contributed by atoms with Gasteiger partial charge in [0.25, 0.3) is 5.91 Å². The molecule has 0 aliphatic carbocycles. The van der Waals surface area contributed by atoms with E-state index in [9.17, 15) is 23.1 Å². The van der Waals surface area contributed by atoms with Crippen LogP contribution in [0.2, 0.25) is 5.02 Å². The van der Waals surface area contributed by atoms with Crippen LogP contribution in [-0.2, 0) is 10.2 Å². The summed E-state index contributed by atoms with van der Waals surface area (Å²) in [6.07, 6.45) is 3.82. The van der Waals surface area contributed by atoms with Gasteiger partial charge >= 0.3 is 16.2 Å². The number of amides is 1. The number of aromatic carboxylic acids is 1. The van der Waals surface area contributed by atoms with Crippen molar-refractivity contribution >= 4 is 39.4 Å². The summed E-state index contributed by atoms with van der Waals surface area (Å²) < 4.78 is 26.9. The maximum atomic E-state index is 12.7. The number of carbonyl (C=O) groups excluding carboxylic acids is 1. The highest BCUT2D eigenvalue weighted by Gasteiger charge is 2.41. The minimum atomic E-state index is -4.00. The second kappa shape index (κ2) is 6.71. The van der Waals surface area contributed by atoms with E-state index in [1.165, 1.54) is 26.2 Å². The smallest absolute Gasteiger partial charge is 0.335 e. The van der Waals surface area contributed by atoms with Gasteiger partial charge in [-0.25, -0.2) is 9.52 Å². The van der Waals surface area contributed by atoms with E-state index >= 15 is 0 Å². The van der Waals surface area contributed by atoms with E-state index in [1.807, 2.05) is 9.62 Å². The van der Waals surface area contributed by atoms with E-state index in [0.29, 0.717) is 5.69 Å². The van der Waals surface area contributed by atoms with Crippen LogP contribution in [0.25, 0.3) is 0 Å². The molecule has 0 atom stereocenters. The fourth-order valence-corrected chi connectivity index (χ4v) is 4.53. The molecule has 8 nitrogen and oxygen atoms in total. The lowest BCUT2D eigenvalue weighted by Crippen LogP contribution is -2.40. The van der Waals surface area contributed by atoms with E-state index in [2.05, 4.69) is 0 Å². The molecule has 1 amide bonds. The summed E-state index contributed by atoms with van der Waals surface area (Å²) in [5.74, 6) is -2.03. The van der Waals surface area contributed by atoms with Crippen LogP contribution >= 0.6 is 11.6 Å². The molecule has 10 heteroatoms. The Balaban J connectivity index is 2.09. The van der Waals surface area contributed by atoms with Crippen molar-refractivity contribution in [3.05, 3.63) is 28.3 Å². The molecule has 2 fully saturated rings. The Morgan fingerprint density at radius 1 is 1.19 bits per heavy atom. The van der Waals surface area contributed by atoms with Crippen molar-refractivity contribution in [1.82, 2.24) is 9.03 Å². The molecule has 0 unspecified atom stereocenters. The summed E-state index contributed by atoms with van der Waals surface area (Å²) in [7, 11) is -1.40. The number of benzene rings is 1. The Labute approximate surface area is 156 Å². The highest BCUT2D eigenvalue weighted by Crippen LogP contribution is 2.44. The van der Waals surface area contributed by atoms with Crippen molar-refractivity contribution in [2.24, 2.45) is 0 Å². The highest BCUT2D eigenvalue weighted by molar-refractivity contribution is 7.87. The number of nitrogens with one attached hydrogen (secondary N) is 1. The minimum absolute atomic E-state index is 0.0131. The first-order chi connectivity index (χ1) is 12.1. The molecule has 26 heavy (non-hydrogen) atoms. The lowest BCUT2D eigenvalue weighted by atomic mass is 10.0. The summed E-state index contributed by atoms with van der Waals surface area (Å²) in [6, 6.07) is 2.99. The predicted octanol–water partition coefficient (Wildman–Crippen LogP) is 1.71. The molecule has 1 aromatic carbocycles. The summed E-state index contributed by atoms with van der Waals surface area (Å²) in [4.78, 5) is 26.1. The Kier molecular flexibility index (Phi) is 4.89. The Bertz CT molecular complexity index is 851. The number of nitrogens with zero attached hydrogens (tertiary/aromatic N) is 2. The molecule has 3 rings (SSSR count). The van der Waals surface area contributed by atoms with Crippen molar-refractivity contribution in [3.63, 3.8) is 0 Å². The van der Waals surface area contributed by atoms with Gasteiger partial charge in [-0.05, 0) is 37.8 Å². The van der Waals surface area contributed by atoms with Crippen molar-refractivity contribution in [2.75, 3.05) is 19.0 Å². The fourth-order valence-electron chi connectivity index (χ4n) is 3.71. The van der Waals surface area contributed by atoms with Crippen LogP contribution in [0.15, 0.2) is 12.1 Å². The van der Waals surface area contributed by atoms with E-state index in [4.69, 9.17) is 11.6 Å². The number of carboxylic acid groups (broad SMARTS) is 1. The van der Waals surface area contributed by atoms with Gasteiger partial charge in [-0.15, -0.1) is 0 Å². The molecule has 2 bridgehead atoms. The number of carbonyl (C=O) groups is 2. The van der Waals surface area contributed by atoms with Crippen molar-refractivity contribution in [3.8, 4) is 0 Å². The molecule has 0 saturated carbocycles. The first-order valence-electron chi connectivity index (χ1n) is 8.21. The fraction of sp³-hybridized carbons (Fsp3) is 0.500. The molecule has 2 N–H and O–H groups in total. The molecule has 2 saturated heterocycles. The monoisotopic (exact) mass is 401 g/mol. The van der Waals surface area contributed by atoms with Crippen LogP contribution in [0, 0.1) is 0 Å². The number of rotatable bonds is 5. The Morgan fingerprint density at radius 2 is 1.73 bits per heavy atom. The summed E-state index contributed by atoms with van der Waals surface area (Å²) in [6.45, 7) is 0. The van der Waals surface area contributed by atoms with Gasteiger partial charge in [0.15, 0.2) is 0 Å². The van der Waals surface area contributed by atoms with Gasteiger partial charge in [0, 0.05) is 26.2 Å². The third-order valence-electron chi connectivity index (χ3n) is 4.98. The van der Waals surface area contributed by atoms with Gasteiger partial charge in [-0.3, -0.25) is 4.79 Å². The first kappa shape index (κ1) is 18.9. The lowest BCUT2D eigenvalue weighted by Gasteiger charge is -2.28. The van der Waals surface area contributed by atoms with E-state index in [0.717, 1.165) is 30.0 Å². The average Bonchev–Trinajstić information content (AvgIpc) is 3.13. The molecule has 0 radical (unpaired) electrons. The number of carboxylic acids is 1. The molecule has 1 aromatic rings. The third-order valence-corrected chi connectivity index (χ3v) is 6.68. The van der Waals surface area contributed by atoms with Crippen LogP contribution in [0.4, 0.5) is 5.69 Å². The number of hydrogen-bond acceptors (Lipinski definition) is 5. The zero-order valence-corrected chi connectivity index (χ0v) is 16.0. The molecule has 2 heterocycles. The van der Waals surface area contributed by atoms with Crippen LogP contribution < -0.4 is 9.62 Å². The second-order valence-corrected chi connectivity index (χ2v) is 9.04. The number of halogens is 1. The number of anilines is 1. The lowest BCUT2D eigenvalue weighted by molar-refractivity contribution is 0.0696. The maximum Gasteiger partial charge on any atom is 0.335 e. The van der Waals surface area contributed by atoms with Gasteiger partial charge < -0.3 is 10.0 Å². The quantitative estimate of drug-likeness (QED) is 0.777. The normalized spacial score (nSPS) is 22.1. The van der Waals surface area contributed by atoms with Gasteiger partial charge in [0.1, 0.15) is 0 Å². The minimum Gasteiger partial charge on any atom is -0.478 e. The van der Waals surface area contributed by atoms with Crippen LogP contribution in [0.3, 0.4) is 0 Å². The number of fused-ring (bicyclic) bond motifs is 2. The molecule has 2 aliphatic rings. The zero-order chi connectivity index (χ0) is 19.2. The zero-order valence-electron chi connectivity index (χ0n) is 14.4. The van der Waals surface area contributed by atoms with Gasteiger partial charge in [-0.2, -0.15) is 12.7 Å². The molecule has 142 valence electrons. The summed E-state index contributed by atoms with van der Waals surface area (Å²) >= 11 is 6.22. The number of hydrogen-bond donors (Lipinski definition) is 2. The SMILES string of the molecule is CN(C)S(=O)(=O)NC(=O)c1c(Cl)cc(C(=O)O)cc1N1C2CCC1CC2. The van der Waals surface area contributed by atoms with Crippen molar-refractivity contribution < 1.29 is 23.1 Å². The van der Waals surface area contributed by atoms with Gasteiger partial charge in [-0.1, -0.05) is 11.6 Å². The molecule has 0 spiro atoms. The van der Waals surface area contributed by atoms with Crippen LogP contribution in [0.5, 0.6) is 0 Å². The summed E-state index contributed by atoms with van der Waals surface area (Å²) in [5, 5.41) is 9.25. The first-order valence-corrected chi connectivity index (χ1v) is 10.0. The molecular formula is C16H20ClN3O5S. The van der Waals surface area contributed by atoms with E-state index in [-0.39, 0.29) is 28.2 Å². The molecular weight excluding hydrogens is 382 g/mol. The second-order valence-electron chi connectivity index (χ2n) is 6.75. The van der Waals surface area contributed by atoms with Crippen molar-refractivity contribution in [1.29, 1.82) is 0 Å². The van der Waals surface area contributed by atoms with E-state index < -0.39 is 22.1 Å². The van der Waals surface area contributed by atoms with Crippen molar-refractivity contribution in [2.45, 2.75) is 37.8 Å². The third kappa shape index (κ3) is 3.26. The topological polar surface area (TPSA) is 107 Å². The summed E-state index contributed by atoms with van der Waals surface area (Å²) in [5.41, 5.74) is 0.329. The Hall–Kier alpha value is -1.84. The van der Waals surface area contributed by atoms with Crippen LogP contribution in [0.1, 0.15) is 46.4 Å². The van der Waals surface area contributed by atoms with E-state index in [1.54, 1.807) is 0 Å². The average molecular weight is 402 g/mol. The van der Waals surface area contributed by atoms with Crippen LogP contribution in [-0.4, -0.2) is 55.9 Å². The van der Waals surface area contributed by atoms with Gasteiger partial charge in [0.2, 0.25) is 0 Å². The predicted molar refractivity (Wildman–Crippen MR) is 97.0 cm³/mol.